The lowest BCUT2D eigenvalue weighted by atomic mass is 10.2. The number of carbonyl (C=O) groups excluding carboxylic acids is 3. The van der Waals surface area contributed by atoms with E-state index in [1.165, 1.54) is 31.4 Å². The number of nitrogens with one attached hydrogen (secondary N) is 2. The first-order valence-electron chi connectivity index (χ1n) is 10.1. The summed E-state index contributed by atoms with van der Waals surface area (Å²) < 4.78 is 15.7. The average molecular weight is 591 g/mol. The summed E-state index contributed by atoms with van der Waals surface area (Å²) >= 11 is 24.4. The molecule has 190 valence electrons. The quantitative estimate of drug-likeness (QED) is 0.235. The SMILES string of the molecule is CCOC(=O)COc1c(Cl)cc(/C=C2\SC(=S)N(NC(=O)Nc3ccc(Cl)c(Cl)c3)C2=O)cc1OC. The second kappa shape index (κ2) is 12.5. The zero-order chi connectivity index (χ0) is 26.4. The average Bonchev–Trinajstić information content (AvgIpc) is 3.07. The van der Waals surface area contributed by atoms with Crippen molar-refractivity contribution in [3.63, 3.8) is 0 Å². The Balaban J connectivity index is 1.72. The van der Waals surface area contributed by atoms with Crippen LogP contribution in [-0.2, 0) is 14.3 Å². The molecule has 3 rings (SSSR count). The number of urea groups is 1. The van der Waals surface area contributed by atoms with Crippen LogP contribution >= 0.6 is 58.8 Å². The second-order valence-electron chi connectivity index (χ2n) is 6.84. The van der Waals surface area contributed by atoms with E-state index in [1.807, 2.05) is 0 Å². The maximum absolute atomic E-state index is 12.9. The summed E-state index contributed by atoms with van der Waals surface area (Å²) in [5, 5.41) is 4.23. The van der Waals surface area contributed by atoms with E-state index >= 15 is 0 Å². The van der Waals surface area contributed by atoms with E-state index in [0.717, 1.165) is 16.8 Å². The van der Waals surface area contributed by atoms with Crippen molar-refractivity contribution >= 4 is 92.8 Å². The van der Waals surface area contributed by atoms with Crippen LogP contribution < -0.4 is 20.2 Å². The molecular weight excluding hydrogens is 573 g/mol. The number of hydrogen-bond acceptors (Lipinski definition) is 8. The van der Waals surface area contributed by atoms with Crippen LogP contribution in [0.4, 0.5) is 10.5 Å². The van der Waals surface area contributed by atoms with Gasteiger partial charge in [-0.05, 0) is 61.1 Å². The molecule has 1 fully saturated rings. The minimum Gasteiger partial charge on any atom is -0.493 e. The Morgan fingerprint density at radius 3 is 2.56 bits per heavy atom. The summed E-state index contributed by atoms with van der Waals surface area (Å²) in [7, 11) is 1.41. The number of amides is 3. The number of nitrogens with zero attached hydrogens (tertiary/aromatic N) is 1. The van der Waals surface area contributed by atoms with Crippen LogP contribution in [0.2, 0.25) is 15.1 Å². The van der Waals surface area contributed by atoms with E-state index in [9.17, 15) is 14.4 Å². The van der Waals surface area contributed by atoms with Crippen molar-refractivity contribution in [2.45, 2.75) is 6.92 Å². The second-order valence-corrected chi connectivity index (χ2v) is 9.74. The van der Waals surface area contributed by atoms with Gasteiger partial charge in [-0.3, -0.25) is 4.79 Å². The molecular formula is C22H18Cl3N3O6S2. The zero-order valence-electron chi connectivity index (χ0n) is 18.7. The molecule has 2 aromatic rings. The van der Waals surface area contributed by atoms with Crippen molar-refractivity contribution in [1.82, 2.24) is 10.4 Å². The smallest absolute Gasteiger partial charge is 0.344 e. The van der Waals surface area contributed by atoms with Crippen LogP contribution in [0.5, 0.6) is 11.5 Å². The predicted molar refractivity (Wildman–Crippen MR) is 144 cm³/mol. The molecule has 0 unspecified atom stereocenters. The van der Waals surface area contributed by atoms with Gasteiger partial charge in [0.05, 0.1) is 33.7 Å². The lowest BCUT2D eigenvalue weighted by Crippen LogP contribution is -2.46. The fourth-order valence-corrected chi connectivity index (χ4v) is 4.60. The van der Waals surface area contributed by atoms with Crippen LogP contribution in [0.25, 0.3) is 6.08 Å². The Morgan fingerprint density at radius 2 is 1.89 bits per heavy atom. The number of thiocarbonyl (C=S) groups is 1. The van der Waals surface area contributed by atoms with Gasteiger partial charge in [0.1, 0.15) is 0 Å². The molecule has 0 aliphatic carbocycles. The number of carbonyl (C=O) groups is 3. The normalized spacial score (nSPS) is 14.1. The monoisotopic (exact) mass is 589 g/mol. The van der Waals surface area contributed by atoms with E-state index in [2.05, 4.69) is 10.7 Å². The number of hydrazine groups is 1. The highest BCUT2D eigenvalue weighted by molar-refractivity contribution is 8.26. The molecule has 1 aliphatic rings. The first kappa shape index (κ1) is 27.9. The third-order valence-corrected chi connectivity index (χ3v) is 6.70. The maximum atomic E-state index is 12.9. The Morgan fingerprint density at radius 1 is 1.14 bits per heavy atom. The fraction of sp³-hybridized carbons (Fsp3) is 0.182. The van der Waals surface area contributed by atoms with Crippen molar-refractivity contribution in [2.24, 2.45) is 0 Å². The molecule has 0 bridgehead atoms. The van der Waals surface area contributed by atoms with Crippen LogP contribution in [0.1, 0.15) is 12.5 Å². The van der Waals surface area contributed by atoms with Crippen molar-refractivity contribution in [2.75, 3.05) is 25.6 Å². The number of esters is 1. The van der Waals surface area contributed by atoms with Gasteiger partial charge in [-0.15, -0.1) is 0 Å². The molecule has 2 aromatic carbocycles. The van der Waals surface area contributed by atoms with Gasteiger partial charge in [-0.2, -0.15) is 5.01 Å². The molecule has 0 saturated carbocycles. The summed E-state index contributed by atoms with van der Waals surface area (Å²) in [6.45, 7) is 1.55. The molecule has 1 heterocycles. The Kier molecular flexibility index (Phi) is 9.69. The molecule has 9 nitrogen and oxygen atoms in total. The van der Waals surface area contributed by atoms with E-state index in [1.54, 1.807) is 19.1 Å². The van der Waals surface area contributed by atoms with Gasteiger partial charge in [-0.1, -0.05) is 46.6 Å². The molecule has 0 radical (unpaired) electrons. The molecule has 1 aliphatic heterocycles. The van der Waals surface area contributed by atoms with Crippen LogP contribution in [0.3, 0.4) is 0 Å². The number of rotatable bonds is 8. The van der Waals surface area contributed by atoms with Gasteiger partial charge in [-0.25, -0.2) is 15.0 Å². The highest BCUT2D eigenvalue weighted by Gasteiger charge is 2.34. The lowest BCUT2D eigenvalue weighted by molar-refractivity contribution is -0.145. The van der Waals surface area contributed by atoms with Crippen molar-refractivity contribution < 1.29 is 28.6 Å². The number of thioether (sulfide) groups is 1. The van der Waals surface area contributed by atoms with Gasteiger partial charge in [0.25, 0.3) is 5.91 Å². The first-order chi connectivity index (χ1) is 17.1. The minimum absolute atomic E-state index is 0.114. The Labute approximate surface area is 230 Å². The van der Waals surface area contributed by atoms with E-state index in [4.69, 9.17) is 61.2 Å². The molecule has 2 N–H and O–H groups in total. The van der Waals surface area contributed by atoms with E-state index in [-0.39, 0.29) is 44.0 Å². The number of ether oxygens (including phenoxy) is 3. The van der Waals surface area contributed by atoms with Gasteiger partial charge in [0.15, 0.2) is 22.4 Å². The summed E-state index contributed by atoms with van der Waals surface area (Å²) in [6.07, 6.45) is 1.53. The highest BCUT2D eigenvalue weighted by Crippen LogP contribution is 2.39. The Bertz CT molecular complexity index is 1260. The number of methoxy groups -OCH3 is 1. The van der Waals surface area contributed by atoms with Crippen molar-refractivity contribution in [3.05, 3.63) is 55.9 Å². The topological polar surface area (TPSA) is 106 Å². The Hall–Kier alpha value is -2.70. The highest BCUT2D eigenvalue weighted by atomic mass is 35.5. The zero-order valence-corrected chi connectivity index (χ0v) is 22.6. The summed E-state index contributed by atoms with van der Waals surface area (Å²) in [5.74, 6) is -0.712. The number of hydrogen-bond donors (Lipinski definition) is 2. The number of anilines is 1. The molecule has 3 amide bonds. The minimum atomic E-state index is -0.709. The fourth-order valence-electron chi connectivity index (χ4n) is 2.85. The third-order valence-electron chi connectivity index (χ3n) is 4.37. The molecule has 1 saturated heterocycles. The molecule has 0 aromatic heterocycles. The van der Waals surface area contributed by atoms with Gasteiger partial charge in [0, 0.05) is 5.69 Å². The largest absolute Gasteiger partial charge is 0.493 e. The molecule has 0 spiro atoms. The molecule has 14 heteroatoms. The number of halogens is 3. The van der Waals surface area contributed by atoms with Crippen LogP contribution in [-0.4, -0.2) is 47.6 Å². The van der Waals surface area contributed by atoms with E-state index < -0.39 is 17.9 Å². The van der Waals surface area contributed by atoms with Crippen molar-refractivity contribution in [1.29, 1.82) is 0 Å². The molecule has 0 atom stereocenters. The van der Waals surface area contributed by atoms with Gasteiger partial charge in [0.2, 0.25) is 0 Å². The molecule has 36 heavy (non-hydrogen) atoms. The number of benzene rings is 2. The van der Waals surface area contributed by atoms with E-state index in [0.29, 0.717) is 16.3 Å². The summed E-state index contributed by atoms with van der Waals surface area (Å²) in [4.78, 5) is 37.1. The summed E-state index contributed by atoms with van der Waals surface area (Å²) in [5.41, 5.74) is 3.27. The first-order valence-corrected chi connectivity index (χ1v) is 12.4. The van der Waals surface area contributed by atoms with Gasteiger partial charge < -0.3 is 19.5 Å². The standard InChI is InChI=1S/C22H18Cl3N3O6S2/c1-3-33-18(29)10-34-19-15(25)6-11(7-16(19)32-2)8-17-20(30)28(22(35)36-17)27-21(31)26-12-4-5-13(23)14(24)9-12/h4-9H,3,10H2,1-2H3,(H2,26,27,31)/b17-8-. The van der Waals surface area contributed by atoms with Crippen molar-refractivity contribution in [3.8, 4) is 11.5 Å². The van der Waals surface area contributed by atoms with Gasteiger partial charge >= 0.3 is 12.0 Å². The predicted octanol–water partition coefficient (Wildman–Crippen LogP) is 5.54. The third kappa shape index (κ3) is 6.95. The van der Waals surface area contributed by atoms with Crippen LogP contribution in [0.15, 0.2) is 35.2 Å². The maximum Gasteiger partial charge on any atom is 0.344 e. The summed E-state index contributed by atoms with van der Waals surface area (Å²) in [6, 6.07) is 6.93. The lowest BCUT2D eigenvalue weighted by Gasteiger charge is -2.16. The van der Waals surface area contributed by atoms with Crippen LogP contribution in [0, 0.1) is 0 Å².